The second-order valence-corrected chi connectivity index (χ2v) is 7.08. The van der Waals surface area contributed by atoms with Gasteiger partial charge in [0.15, 0.2) is 10.6 Å². The quantitative estimate of drug-likeness (QED) is 0.572. The lowest BCUT2D eigenvalue weighted by molar-refractivity contribution is 0.244. The van der Waals surface area contributed by atoms with Crippen LogP contribution in [0.5, 0.6) is 5.75 Å². The van der Waals surface area contributed by atoms with Gasteiger partial charge in [-0.2, -0.15) is 5.10 Å². The fourth-order valence-corrected chi connectivity index (χ4v) is 3.23. The van der Waals surface area contributed by atoms with Crippen molar-refractivity contribution in [1.29, 1.82) is 0 Å². The molecule has 3 rings (SSSR count). The van der Waals surface area contributed by atoms with Gasteiger partial charge in [0.2, 0.25) is 0 Å². The zero-order valence-corrected chi connectivity index (χ0v) is 17.2. The van der Waals surface area contributed by atoms with Crippen molar-refractivity contribution in [2.24, 2.45) is 7.05 Å². The SMILES string of the molecule is CCc1ccc(CN(C)Cn2nc(-c3ccc(OC)cc3)n(C)c2=S)cc1. The van der Waals surface area contributed by atoms with E-state index in [1.807, 2.05) is 40.6 Å². The topological polar surface area (TPSA) is 35.2 Å². The van der Waals surface area contributed by atoms with E-state index in [-0.39, 0.29) is 0 Å². The highest BCUT2D eigenvalue weighted by atomic mass is 32.1. The molecule has 5 nitrogen and oxygen atoms in total. The van der Waals surface area contributed by atoms with Gasteiger partial charge in [-0.3, -0.25) is 4.90 Å². The number of nitrogens with zero attached hydrogens (tertiary/aromatic N) is 4. The summed E-state index contributed by atoms with van der Waals surface area (Å²) in [6.45, 7) is 3.66. The molecule has 0 spiro atoms. The van der Waals surface area contributed by atoms with E-state index in [9.17, 15) is 0 Å². The third-order valence-electron chi connectivity index (χ3n) is 4.65. The van der Waals surface area contributed by atoms with E-state index in [2.05, 4.69) is 43.1 Å². The van der Waals surface area contributed by atoms with E-state index in [4.69, 9.17) is 22.1 Å². The average molecular weight is 383 g/mol. The van der Waals surface area contributed by atoms with Crippen LogP contribution in [0.15, 0.2) is 48.5 Å². The second kappa shape index (κ2) is 8.50. The smallest absolute Gasteiger partial charge is 0.199 e. The van der Waals surface area contributed by atoms with Gasteiger partial charge in [0.1, 0.15) is 5.75 Å². The second-order valence-electron chi connectivity index (χ2n) is 6.72. The van der Waals surface area contributed by atoms with Crippen molar-refractivity contribution in [1.82, 2.24) is 19.2 Å². The maximum atomic E-state index is 5.59. The van der Waals surface area contributed by atoms with Crippen molar-refractivity contribution < 1.29 is 4.74 Å². The molecule has 0 N–H and O–H groups in total. The van der Waals surface area contributed by atoms with Gasteiger partial charge >= 0.3 is 0 Å². The van der Waals surface area contributed by atoms with Crippen LogP contribution in [0, 0.1) is 4.77 Å². The maximum Gasteiger partial charge on any atom is 0.199 e. The van der Waals surface area contributed by atoms with Crippen molar-refractivity contribution in [3.63, 3.8) is 0 Å². The summed E-state index contributed by atoms with van der Waals surface area (Å²) >= 11 is 5.59. The van der Waals surface area contributed by atoms with Crippen molar-refractivity contribution in [3.8, 4) is 17.1 Å². The number of aromatic nitrogens is 3. The number of ether oxygens (including phenoxy) is 1. The van der Waals surface area contributed by atoms with Gasteiger partial charge in [0.25, 0.3) is 0 Å². The van der Waals surface area contributed by atoms with Crippen molar-refractivity contribution in [2.45, 2.75) is 26.6 Å². The number of rotatable bonds is 7. The summed E-state index contributed by atoms with van der Waals surface area (Å²) in [4.78, 5) is 2.21. The molecule has 0 fully saturated rings. The van der Waals surface area contributed by atoms with Crippen molar-refractivity contribution >= 4 is 12.2 Å². The predicted octanol–water partition coefficient (Wildman–Crippen LogP) is 4.28. The zero-order chi connectivity index (χ0) is 19.4. The van der Waals surface area contributed by atoms with Crippen LogP contribution in [0.1, 0.15) is 18.1 Å². The van der Waals surface area contributed by atoms with Crippen LogP contribution in [0.25, 0.3) is 11.4 Å². The molecular weight excluding hydrogens is 356 g/mol. The monoisotopic (exact) mass is 382 g/mol. The first-order valence-electron chi connectivity index (χ1n) is 9.06. The Hall–Kier alpha value is -2.44. The highest BCUT2D eigenvalue weighted by Gasteiger charge is 2.12. The van der Waals surface area contributed by atoms with Gasteiger partial charge in [-0.15, -0.1) is 0 Å². The van der Waals surface area contributed by atoms with Gasteiger partial charge < -0.3 is 9.30 Å². The molecule has 142 valence electrons. The Morgan fingerprint density at radius 3 is 2.26 bits per heavy atom. The maximum absolute atomic E-state index is 5.59. The van der Waals surface area contributed by atoms with Crippen molar-refractivity contribution in [3.05, 3.63) is 64.4 Å². The molecule has 3 aromatic rings. The molecular formula is C21H26N4OS. The molecule has 0 saturated carbocycles. The minimum atomic E-state index is 0.637. The Labute approximate surface area is 165 Å². The molecule has 2 aromatic carbocycles. The Kier molecular flexibility index (Phi) is 6.08. The third-order valence-corrected chi connectivity index (χ3v) is 5.13. The minimum Gasteiger partial charge on any atom is -0.497 e. The first kappa shape index (κ1) is 19.3. The Balaban J connectivity index is 1.75. The Bertz CT molecular complexity index is 942. The third kappa shape index (κ3) is 4.46. The molecule has 6 heteroatoms. The van der Waals surface area contributed by atoms with Crippen molar-refractivity contribution in [2.75, 3.05) is 14.2 Å². The molecule has 27 heavy (non-hydrogen) atoms. The van der Waals surface area contributed by atoms with Gasteiger partial charge in [-0.1, -0.05) is 31.2 Å². The molecule has 1 aromatic heterocycles. The highest BCUT2D eigenvalue weighted by Crippen LogP contribution is 2.21. The van der Waals surface area contributed by atoms with Crippen LogP contribution < -0.4 is 4.74 Å². The summed E-state index contributed by atoms with van der Waals surface area (Å²) in [6.07, 6.45) is 1.06. The van der Waals surface area contributed by atoms with Crippen LogP contribution >= 0.6 is 12.2 Å². The molecule has 0 amide bonds. The summed E-state index contributed by atoms with van der Waals surface area (Å²) in [7, 11) is 5.70. The molecule has 1 heterocycles. The van der Waals surface area contributed by atoms with E-state index in [0.29, 0.717) is 11.4 Å². The summed E-state index contributed by atoms with van der Waals surface area (Å²) in [5, 5.41) is 4.74. The lowest BCUT2D eigenvalue weighted by atomic mass is 10.1. The minimum absolute atomic E-state index is 0.637. The number of hydrogen-bond acceptors (Lipinski definition) is 4. The standard InChI is InChI=1S/C21H26N4OS/c1-5-16-6-8-17(9-7-16)14-23(2)15-25-21(27)24(3)20(22-25)18-10-12-19(26-4)13-11-18/h6-13H,5,14-15H2,1-4H3. The fourth-order valence-electron chi connectivity index (χ4n) is 3.04. The zero-order valence-electron chi connectivity index (χ0n) is 16.3. The van der Waals surface area contributed by atoms with Crippen LogP contribution in [-0.2, 0) is 26.7 Å². The number of hydrogen-bond donors (Lipinski definition) is 0. The molecule has 0 aliphatic rings. The lowest BCUT2D eigenvalue weighted by Crippen LogP contribution is -2.22. The molecule has 0 radical (unpaired) electrons. The lowest BCUT2D eigenvalue weighted by Gasteiger charge is -2.16. The molecule has 0 atom stereocenters. The van der Waals surface area contributed by atoms with Crippen LogP contribution in [0.3, 0.4) is 0 Å². The highest BCUT2D eigenvalue weighted by molar-refractivity contribution is 7.71. The number of methoxy groups -OCH3 is 1. The Morgan fingerprint density at radius 1 is 1.04 bits per heavy atom. The number of benzene rings is 2. The normalized spacial score (nSPS) is 11.1. The van der Waals surface area contributed by atoms with E-state index < -0.39 is 0 Å². The summed E-state index contributed by atoms with van der Waals surface area (Å²) in [5.41, 5.74) is 3.66. The number of aryl methyl sites for hydroxylation is 1. The average Bonchev–Trinajstić information content (AvgIpc) is 2.97. The predicted molar refractivity (Wildman–Crippen MR) is 111 cm³/mol. The first-order chi connectivity index (χ1) is 13.0. The van der Waals surface area contributed by atoms with Crippen LogP contribution in [0.4, 0.5) is 0 Å². The summed E-state index contributed by atoms with van der Waals surface area (Å²) in [5.74, 6) is 1.68. The van der Waals surface area contributed by atoms with E-state index in [0.717, 1.165) is 30.1 Å². The first-order valence-corrected chi connectivity index (χ1v) is 9.47. The molecule has 0 unspecified atom stereocenters. The van der Waals surface area contributed by atoms with Gasteiger partial charge in [0.05, 0.1) is 13.8 Å². The van der Waals surface area contributed by atoms with Crippen LogP contribution in [-0.4, -0.2) is 33.4 Å². The molecule has 0 aliphatic heterocycles. The largest absolute Gasteiger partial charge is 0.497 e. The van der Waals surface area contributed by atoms with E-state index >= 15 is 0 Å². The molecule has 0 saturated heterocycles. The molecule has 0 bridgehead atoms. The summed E-state index contributed by atoms with van der Waals surface area (Å²) < 4.78 is 9.75. The summed E-state index contributed by atoms with van der Waals surface area (Å²) in [6, 6.07) is 16.6. The van der Waals surface area contributed by atoms with E-state index in [1.165, 1.54) is 11.1 Å². The van der Waals surface area contributed by atoms with Gasteiger partial charge in [0, 0.05) is 19.2 Å². The van der Waals surface area contributed by atoms with Gasteiger partial charge in [-0.25, -0.2) is 4.68 Å². The fraction of sp³-hybridized carbons (Fsp3) is 0.333. The molecule has 0 aliphatic carbocycles. The van der Waals surface area contributed by atoms with Crippen LogP contribution in [0.2, 0.25) is 0 Å². The Morgan fingerprint density at radius 2 is 1.67 bits per heavy atom. The van der Waals surface area contributed by atoms with E-state index in [1.54, 1.807) is 7.11 Å². The van der Waals surface area contributed by atoms with Gasteiger partial charge in [-0.05, 0) is 61.1 Å².